The van der Waals surface area contributed by atoms with Gasteiger partial charge >= 0.3 is 0 Å². The van der Waals surface area contributed by atoms with E-state index in [-0.39, 0.29) is 31.4 Å². The Labute approximate surface area is 199 Å². The number of nitrogens with one attached hydrogen (secondary N) is 1. The Kier molecular flexibility index (Phi) is 8.80. The van der Waals surface area contributed by atoms with Gasteiger partial charge in [0.15, 0.2) is 6.61 Å². The largest absolute Gasteiger partial charge is 0.483 e. The van der Waals surface area contributed by atoms with Crippen molar-refractivity contribution in [3.05, 3.63) is 95.6 Å². The minimum absolute atomic E-state index is 0.101. The van der Waals surface area contributed by atoms with Gasteiger partial charge < -0.3 is 20.7 Å². The highest BCUT2D eigenvalue weighted by Gasteiger charge is 2.15. The van der Waals surface area contributed by atoms with Gasteiger partial charge in [-0.25, -0.2) is 0 Å². The number of para-hydroxylation sites is 1. The molecule has 176 valence electrons. The number of carbonyl (C=O) groups excluding carboxylic acids is 3. The summed E-state index contributed by atoms with van der Waals surface area (Å²) in [7, 11) is 0. The Morgan fingerprint density at radius 1 is 0.912 bits per heavy atom. The first-order chi connectivity index (χ1) is 16.5. The van der Waals surface area contributed by atoms with E-state index in [1.807, 2.05) is 49.4 Å². The Morgan fingerprint density at radius 2 is 1.59 bits per heavy atom. The van der Waals surface area contributed by atoms with Crippen LogP contribution < -0.4 is 15.8 Å². The minimum atomic E-state index is -0.528. The number of nitrogens with zero attached hydrogens (tertiary/aromatic N) is 1. The summed E-state index contributed by atoms with van der Waals surface area (Å²) < 4.78 is 5.86. The summed E-state index contributed by atoms with van der Waals surface area (Å²) in [6.45, 7) is 2.50. The van der Waals surface area contributed by atoms with E-state index in [0.717, 1.165) is 11.1 Å². The molecule has 0 bridgehead atoms. The number of hydrogen-bond donors (Lipinski definition) is 2. The summed E-state index contributed by atoms with van der Waals surface area (Å²) in [6, 6.07) is 24.1. The summed E-state index contributed by atoms with van der Waals surface area (Å²) in [5, 5.41) is 2.75. The zero-order valence-electron chi connectivity index (χ0n) is 19.2. The lowest BCUT2D eigenvalue weighted by Gasteiger charge is -2.21. The van der Waals surface area contributed by atoms with E-state index in [9.17, 15) is 14.4 Å². The number of ether oxygens (including phenoxy) is 1. The fourth-order valence-corrected chi connectivity index (χ4v) is 3.47. The number of anilines is 1. The quantitative estimate of drug-likeness (QED) is 0.457. The first-order valence-electron chi connectivity index (χ1n) is 11.2. The van der Waals surface area contributed by atoms with Crippen LogP contribution in [0.25, 0.3) is 0 Å². The predicted octanol–water partition coefficient (Wildman–Crippen LogP) is 3.63. The average molecular weight is 460 g/mol. The van der Waals surface area contributed by atoms with Gasteiger partial charge in [0, 0.05) is 37.2 Å². The van der Waals surface area contributed by atoms with Gasteiger partial charge in [-0.3, -0.25) is 14.4 Å². The molecule has 34 heavy (non-hydrogen) atoms. The maximum atomic E-state index is 12.7. The van der Waals surface area contributed by atoms with E-state index in [1.54, 1.807) is 29.2 Å². The first kappa shape index (κ1) is 24.5. The molecule has 0 heterocycles. The van der Waals surface area contributed by atoms with Gasteiger partial charge in [0.1, 0.15) is 5.75 Å². The zero-order valence-corrected chi connectivity index (χ0v) is 19.2. The lowest BCUT2D eigenvalue weighted by atomic mass is 10.0. The van der Waals surface area contributed by atoms with Crippen molar-refractivity contribution in [1.82, 2.24) is 4.90 Å². The molecule has 3 aromatic carbocycles. The third kappa shape index (κ3) is 7.20. The summed E-state index contributed by atoms with van der Waals surface area (Å²) in [5.74, 6) is -0.268. The van der Waals surface area contributed by atoms with Crippen molar-refractivity contribution in [2.45, 2.75) is 19.8 Å². The number of rotatable bonds is 11. The predicted molar refractivity (Wildman–Crippen MR) is 132 cm³/mol. The van der Waals surface area contributed by atoms with Crippen LogP contribution >= 0.6 is 0 Å². The van der Waals surface area contributed by atoms with Gasteiger partial charge in [-0.05, 0) is 48.4 Å². The van der Waals surface area contributed by atoms with Gasteiger partial charge in [0.2, 0.25) is 11.8 Å². The molecule has 0 fully saturated rings. The lowest BCUT2D eigenvalue weighted by molar-refractivity contribution is -0.133. The topological polar surface area (TPSA) is 102 Å². The Hall–Kier alpha value is -4.13. The fourth-order valence-electron chi connectivity index (χ4n) is 3.47. The number of primary amides is 1. The van der Waals surface area contributed by atoms with Crippen LogP contribution in [0.5, 0.6) is 5.75 Å². The Balaban J connectivity index is 1.50. The van der Waals surface area contributed by atoms with Crippen LogP contribution in [0.2, 0.25) is 0 Å². The first-order valence-corrected chi connectivity index (χ1v) is 11.2. The number of carbonyl (C=O) groups is 3. The second-order valence-corrected chi connectivity index (χ2v) is 7.77. The third-order valence-corrected chi connectivity index (χ3v) is 5.36. The van der Waals surface area contributed by atoms with Crippen molar-refractivity contribution < 1.29 is 19.1 Å². The molecule has 0 aliphatic carbocycles. The monoisotopic (exact) mass is 459 g/mol. The molecule has 3 N–H and O–H groups in total. The standard InChI is InChI=1S/C27H29N3O4/c1-2-30(17-16-25(31)29-23-14-12-21(13-15-23)27(28)33)26(32)19-34-24-11-7-6-10-22(24)18-20-8-4-3-5-9-20/h3-15H,2,16-19H2,1H3,(H2,28,33)(H,29,31). The van der Waals surface area contributed by atoms with Crippen LogP contribution in [0.1, 0.15) is 34.8 Å². The molecule has 0 unspecified atom stereocenters. The van der Waals surface area contributed by atoms with Crippen molar-refractivity contribution in [3.8, 4) is 5.75 Å². The van der Waals surface area contributed by atoms with Crippen LogP contribution in [0.4, 0.5) is 5.69 Å². The van der Waals surface area contributed by atoms with E-state index < -0.39 is 5.91 Å². The summed E-state index contributed by atoms with van der Waals surface area (Å²) in [4.78, 5) is 37.7. The van der Waals surface area contributed by atoms with Crippen LogP contribution in [0.15, 0.2) is 78.9 Å². The smallest absolute Gasteiger partial charge is 0.260 e. The number of hydrogen-bond acceptors (Lipinski definition) is 4. The Bertz CT molecular complexity index is 1110. The van der Waals surface area contributed by atoms with Crippen molar-refractivity contribution in [2.24, 2.45) is 5.73 Å². The van der Waals surface area contributed by atoms with Crippen molar-refractivity contribution in [3.63, 3.8) is 0 Å². The van der Waals surface area contributed by atoms with Crippen LogP contribution in [-0.4, -0.2) is 42.3 Å². The van der Waals surface area contributed by atoms with Crippen LogP contribution in [-0.2, 0) is 16.0 Å². The third-order valence-electron chi connectivity index (χ3n) is 5.36. The van der Waals surface area contributed by atoms with Crippen LogP contribution in [0.3, 0.4) is 0 Å². The van der Waals surface area contributed by atoms with Gasteiger partial charge in [0.25, 0.3) is 5.91 Å². The lowest BCUT2D eigenvalue weighted by Crippen LogP contribution is -2.37. The van der Waals surface area contributed by atoms with Crippen molar-refractivity contribution >= 4 is 23.4 Å². The maximum Gasteiger partial charge on any atom is 0.260 e. The molecule has 3 aromatic rings. The molecule has 0 aliphatic rings. The van der Waals surface area contributed by atoms with Gasteiger partial charge in [-0.2, -0.15) is 0 Å². The number of likely N-dealkylation sites (N-methyl/N-ethyl adjacent to an activating group) is 1. The molecule has 0 aromatic heterocycles. The molecule has 0 saturated carbocycles. The van der Waals surface area contributed by atoms with Crippen molar-refractivity contribution in [1.29, 1.82) is 0 Å². The van der Waals surface area contributed by atoms with E-state index in [1.165, 1.54) is 0 Å². The highest BCUT2D eigenvalue weighted by molar-refractivity contribution is 5.95. The normalized spacial score (nSPS) is 10.4. The SMILES string of the molecule is CCN(CCC(=O)Nc1ccc(C(N)=O)cc1)C(=O)COc1ccccc1Cc1ccccc1. The molecule has 0 saturated heterocycles. The van der Waals surface area contributed by atoms with Crippen LogP contribution in [0, 0.1) is 0 Å². The van der Waals surface area contributed by atoms with E-state index in [2.05, 4.69) is 17.4 Å². The maximum absolute atomic E-state index is 12.7. The molecule has 0 radical (unpaired) electrons. The second-order valence-electron chi connectivity index (χ2n) is 7.77. The molecular weight excluding hydrogens is 430 g/mol. The number of amides is 3. The highest BCUT2D eigenvalue weighted by atomic mass is 16.5. The van der Waals surface area contributed by atoms with Gasteiger partial charge in [-0.15, -0.1) is 0 Å². The molecule has 0 aliphatic heterocycles. The second kappa shape index (κ2) is 12.2. The Morgan fingerprint density at radius 3 is 2.26 bits per heavy atom. The minimum Gasteiger partial charge on any atom is -0.483 e. The number of nitrogens with two attached hydrogens (primary N) is 1. The number of benzene rings is 3. The fraction of sp³-hybridized carbons (Fsp3) is 0.222. The molecule has 7 heteroatoms. The molecule has 0 spiro atoms. The van der Waals surface area contributed by atoms with Gasteiger partial charge in [-0.1, -0.05) is 48.5 Å². The summed E-state index contributed by atoms with van der Waals surface area (Å²) in [6.07, 6.45) is 0.852. The van der Waals surface area contributed by atoms with E-state index in [4.69, 9.17) is 10.5 Å². The molecule has 7 nitrogen and oxygen atoms in total. The molecule has 3 amide bonds. The zero-order chi connectivity index (χ0) is 24.3. The summed E-state index contributed by atoms with van der Waals surface area (Å²) >= 11 is 0. The molecule has 3 rings (SSSR count). The molecule has 0 atom stereocenters. The van der Waals surface area contributed by atoms with E-state index >= 15 is 0 Å². The average Bonchev–Trinajstić information content (AvgIpc) is 2.85. The van der Waals surface area contributed by atoms with Crippen molar-refractivity contribution in [2.75, 3.05) is 25.0 Å². The van der Waals surface area contributed by atoms with Gasteiger partial charge in [0.05, 0.1) is 0 Å². The van der Waals surface area contributed by atoms with E-state index in [0.29, 0.717) is 30.0 Å². The molecular formula is C27H29N3O4. The summed E-state index contributed by atoms with van der Waals surface area (Å²) in [5.41, 5.74) is 8.31. The highest BCUT2D eigenvalue weighted by Crippen LogP contribution is 2.21.